The second-order valence-corrected chi connectivity index (χ2v) is 8.47. The summed E-state index contributed by atoms with van der Waals surface area (Å²) in [5.74, 6) is 0.549. The molecular formula is C20H22F3O3P. The van der Waals surface area contributed by atoms with Gasteiger partial charge in [-0.25, -0.2) is 0 Å². The molecule has 0 aliphatic carbocycles. The quantitative estimate of drug-likeness (QED) is 0.703. The zero-order valence-corrected chi connectivity index (χ0v) is 16.3. The third-order valence-corrected chi connectivity index (χ3v) is 6.15. The second-order valence-electron chi connectivity index (χ2n) is 6.32. The maximum Gasteiger partial charge on any atom is 0.416 e. The highest BCUT2D eigenvalue weighted by molar-refractivity contribution is 7.73. The number of hydrogen-bond acceptors (Lipinski definition) is 2. The van der Waals surface area contributed by atoms with Crippen molar-refractivity contribution in [1.29, 1.82) is 0 Å². The van der Waals surface area contributed by atoms with E-state index >= 15 is 0 Å². The van der Waals surface area contributed by atoms with Gasteiger partial charge in [-0.05, 0) is 62.2 Å². The smallest absolute Gasteiger partial charge is 0.416 e. The maximum absolute atomic E-state index is 13.2. The van der Waals surface area contributed by atoms with E-state index in [2.05, 4.69) is 6.58 Å². The SMILES string of the molecule is C=Cc1c(OC(C)C)ccc(P(=O)(O)c2ccc(C(F)(F)F)cc2)c1CC. The molecule has 0 saturated heterocycles. The van der Waals surface area contributed by atoms with Gasteiger partial charge >= 0.3 is 6.18 Å². The van der Waals surface area contributed by atoms with Crippen LogP contribution in [0.25, 0.3) is 6.08 Å². The van der Waals surface area contributed by atoms with Gasteiger partial charge in [-0.15, -0.1) is 0 Å². The molecule has 0 aromatic heterocycles. The van der Waals surface area contributed by atoms with Gasteiger partial charge < -0.3 is 9.63 Å². The van der Waals surface area contributed by atoms with Crippen molar-refractivity contribution in [2.45, 2.75) is 39.5 Å². The predicted molar refractivity (Wildman–Crippen MR) is 102 cm³/mol. The van der Waals surface area contributed by atoms with E-state index in [1.807, 2.05) is 20.8 Å². The molecule has 146 valence electrons. The van der Waals surface area contributed by atoms with Crippen molar-refractivity contribution in [3.63, 3.8) is 0 Å². The van der Waals surface area contributed by atoms with E-state index in [1.54, 1.807) is 12.1 Å². The average molecular weight is 398 g/mol. The van der Waals surface area contributed by atoms with Crippen LogP contribution in [-0.2, 0) is 17.2 Å². The molecule has 1 atom stereocenters. The van der Waals surface area contributed by atoms with Crippen molar-refractivity contribution in [2.24, 2.45) is 0 Å². The lowest BCUT2D eigenvalue weighted by atomic mass is 10.0. The van der Waals surface area contributed by atoms with Gasteiger partial charge in [0.1, 0.15) is 5.75 Å². The van der Waals surface area contributed by atoms with Crippen molar-refractivity contribution in [2.75, 3.05) is 0 Å². The first-order valence-corrected chi connectivity index (χ1v) is 10.1. The van der Waals surface area contributed by atoms with Crippen LogP contribution in [0.1, 0.15) is 37.5 Å². The van der Waals surface area contributed by atoms with Crippen LogP contribution >= 0.6 is 7.37 Å². The fourth-order valence-electron chi connectivity index (χ4n) is 2.86. The van der Waals surface area contributed by atoms with E-state index < -0.39 is 19.1 Å². The van der Waals surface area contributed by atoms with E-state index in [-0.39, 0.29) is 16.7 Å². The van der Waals surface area contributed by atoms with Crippen LogP contribution in [0.3, 0.4) is 0 Å². The van der Waals surface area contributed by atoms with Crippen molar-refractivity contribution in [1.82, 2.24) is 0 Å². The topological polar surface area (TPSA) is 46.5 Å². The van der Waals surface area contributed by atoms with Crippen molar-refractivity contribution in [3.05, 3.63) is 59.7 Å². The molecule has 0 aliphatic heterocycles. The van der Waals surface area contributed by atoms with Crippen molar-refractivity contribution in [3.8, 4) is 5.75 Å². The Morgan fingerprint density at radius 1 is 1.19 bits per heavy atom. The monoisotopic (exact) mass is 398 g/mol. The molecule has 0 fully saturated rings. The Kier molecular flexibility index (Phi) is 6.23. The van der Waals surface area contributed by atoms with Gasteiger partial charge in [0.05, 0.1) is 11.7 Å². The number of benzene rings is 2. The van der Waals surface area contributed by atoms with Crippen LogP contribution < -0.4 is 15.3 Å². The Morgan fingerprint density at radius 3 is 2.22 bits per heavy atom. The standard InChI is InChI=1S/C20H22F3O3P/c1-5-16-17(6-2)19(12-11-18(16)26-13(3)4)27(24,25)15-9-7-14(8-10-15)20(21,22)23/h5,7-13H,1,6H2,2-4H3,(H,24,25). The number of alkyl halides is 3. The Labute approximate surface area is 156 Å². The first kappa shape index (κ1) is 21.3. The number of halogens is 3. The van der Waals surface area contributed by atoms with Gasteiger partial charge in [0.15, 0.2) is 0 Å². The second kappa shape index (κ2) is 7.91. The first-order valence-electron chi connectivity index (χ1n) is 8.48. The van der Waals surface area contributed by atoms with E-state index in [4.69, 9.17) is 4.74 Å². The lowest BCUT2D eigenvalue weighted by Gasteiger charge is -2.21. The molecule has 2 rings (SSSR count). The predicted octanol–water partition coefficient (Wildman–Crippen LogP) is 4.92. The Balaban J connectivity index is 2.58. The number of rotatable bonds is 6. The van der Waals surface area contributed by atoms with Crippen LogP contribution in [0.5, 0.6) is 5.75 Å². The van der Waals surface area contributed by atoms with E-state index in [9.17, 15) is 22.6 Å². The highest BCUT2D eigenvalue weighted by Gasteiger charge is 2.33. The van der Waals surface area contributed by atoms with Crippen molar-refractivity contribution < 1.29 is 27.4 Å². The minimum absolute atomic E-state index is 0.0576. The van der Waals surface area contributed by atoms with Gasteiger partial charge in [0, 0.05) is 16.2 Å². The highest BCUT2D eigenvalue weighted by atomic mass is 31.2. The van der Waals surface area contributed by atoms with E-state index in [0.29, 0.717) is 23.3 Å². The molecule has 7 heteroatoms. The lowest BCUT2D eigenvalue weighted by molar-refractivity contribution is -0.137. The van der Waals surface area contributed by atoms with Gasteiger partial charge in [-0.2, -0.15) is 13.2 Å². The maximum atomic E-state index is 13.2. The summed E-state index contributed by atoms with van der Waals surface area (Å²) in [5.41, 5.74) is 0.341. The zero-order chi connectivity index (χ0) is 20.4. The van der Waals surface area contributed by atoms with E-state index in [0.717, 1.165) is 24.3 Å². The number of hydrogen-bond donors (Lipinski definition) is 1. The molecule has 0 spiro atoms. The molecule has 1 unspecified atom stereocenters. The van der Waals surface area contributed by atoms with Crippen LogP contribution in [0.2, 0.25) is 0 Å². The van der Waals surface area contributed by atoms with Crippen LogP contribution in [0, 0.1) is 0 Å². The van der Waals surface area contributed by atoms with Crippen LogP contribution in [0.15, 0.2) is 43.0 Å². The Bertz CT molecular complexity index is 871. The summed E-state index contributed by atoms with van der Waals surface area (Å²) in [4.78, 5) is 10.8. The Hall–Kier alpha value is -2.04. The van der Waals surface area contributed by atoms with E-state index in [1.165, 1.54) is 6.07 Å². The summed E-state index contributed by atoms with van der Waals surface area (Å²) in [6, 6.07) is 6.83. The summed E-state index contributed by atoms with van der Waals surface area (Å²) in [5, 5.41) is 0.119. The molecular weight excluding hydrogens is 376 g/mol. The summed E-state index contributed by atoms with van der Waals surface area (Å²) in [6.45, 7) is 9.33. The average Bonchev–Trinajstić information content (AvgIpc) is 2.59. The van der Waals surface area contributed by atoms with Crippen LogP contribution in [0.4, 0.5) is 13.2 Å². The fraction of sp³-hybridized carbons (Fsp3) is 0.300. The number of ether oxygens (including phenoxy) is 1. The summed E-state index contributed by atoms with van der Waals surface area (Å²) in [6.07, 6.45) is -2.59. The van der Waals surface area contributed by atoms with Crippen LogP contribution in [-0.4, -0.2) is 11.0 Å². The molecule has 0 saturated carbocycles. The minimum atomic E-state index is -4.50. The lowest BCUT2D eigenvalue weighted by Crippen LogP contribution is -2.21. The Morgan fingerprint density at radius 2 is 1.78 bits per heavy atom. The fourth-order valence-corrected chi connectivity index (χ4v) is 4.61. The minimum Gasteiger partial charge on any atom is -0.490 e. The summed E-state index contributed by atoms with van der Waals surface area (Å²) >= 11 is 0. The zero-order valence-electron chi connectivity index (χ0n) is 15.4. The third kappa shape index (κ3) is 4.45. The van der Waals surface area contributed by atoms with Gasteiger partial charge in [0.25, 0.3) is 7.37 Å². The van der Waals surface area contributed by atoms with Gasteiger partial charge in [0.2, 0.25) is 0 Å². The molecule has 2 aromatic carbocycles. The molecule has 1 N–H and O–H groups in total. The molecule has 0 bridgehead atoms. The molecule has 0 amide bonds. The van der Waals surface area contributed by atoms with Crippen molar-refractivity contribution >= 4 is 24.1 Å². The molecule has 0 heterocycles. The first-order chi connectivity index (χ1) is 12.5. The molecule has 2 aromatic rings. The largest absolute Gasteiger partial charge is 0.490 e. The van der Waals surface area contributed by atoms with Gasteiger partial charge in [-0.1, -0.05) is 19.6 Å². The molecule has 0 radical (unpaired) electrons. The normalized spacial score (nSPS) is 14.1. The molecule has 0 aliphatic rings. The third-order valence-electron chi connectivity index (χ3n) is 4.08. The summed E-state index contributed by atoms with van der Waals surface area (Å²) < 4.78 is 57.1. The van der Waals surface area contributed by atoms with Gasteiger partial charge in [-0.3, -0.25) is 4.57 Å². The summed E-state index contributed by atoms with van der Waals surface area (Å²) in [7, 11) is -4.09. The highest BCUT2D eigenvalue weighted by Crippen LogP contribution is 2.42. The molecule has 27 heavy (non-hydrogen) atoms. The molecule has 3 nitrogen and oxygen atoms in total.